The molecule has 3 amide bonds. The molecule has 1 fully saturated rings. The normalized spacial score (nSPS) is 22.7. The van der Waals surface area contributed by atoms with Gasteiger partial charge in [0.15, 0.2) is 0 Å². The number of carboxylic acids is 1. The fourth-order valence-electron chi connectivity index (χ4n) is 2.02. The van der Waals surface area contributed by atoms with Crippen molar-refractivity contribution in [3.05, 3.63) is 0 Å². The van der Waals surface area contributed by atoms with Gasteiger partial charge in [0.2, 0.25) is 5.91 Å². The Balaban J connectivity index is 2.53. The average Bonchev–Trinajstić information content (AvgIpc) is 2.81. The molecule has 1 unspecified atom stereocenters. The van der Waals surface area contributed by atoms with Crippen LogP contribution in [0.2, 0.25) is 0 Å². The van der Waals surface area contributed by atoms with Crippen LogP contribution in [0.5, 0.6) is 0 Å². The van der Waals surface area contributed by atoms with Gasteiger partial charge in [0.25, 0.3) is 0 Å². The van der Waals surface area contributed by atoms with Crippen LogP contribution in [-0.4, -0.2) is 54.6 Å². The van der Waals surface area contributed by atoms with Gasteiger partial charge in [-0.15, -0.1) is 0 Å². The van der Waals surface area contributed by atoms with Gasteiger partial charge >= 0.3 is 12.0 Å². The minimum Gasteiger partial charge on any atom is -0.481 e. The van der Waals surface area contributed by atoms with Crippen molar-refractivity contribution in [2.45, 2.75) is 19.8 Å². The molecule has 7 heteroatoms. The van der Waals surface area contributed by atoms with Gasteiger partial charge in [-0.2, -0.15) is 0 Å². The largest absolute Gasteiger partial charge is 0.481 e. The summed E-state index contributed by atoms with van der Waals surface area (Å²) in [5, 5.41) is 14.0. The Morgan fingerprint density at radius 3 is 2.50 bits per heavy atom. The van der Waals surface area contributed by atoms with Crippen LogP contribution in [-0.2, 0) is 9.59 Å². The van der Waals surface area contributed by atoms with Crippen LogP contribution >= 0.6 is 0 Å². The van der Waals surface area contributed by atoms with Crippen molar-refractivity contribution < 1.29 is 19.5 Å². The molecule has 0 radical (unpaired) electrons. The van der Waals surface area contributed by atoms with Gasteiger partial charge in [-0.1, -0.05) is 6.92 Å². The maximum Gasteiger partial charge on any atom is 0.317 e. The van der Waals surface area contributed by atoms with E-state index in [0.29, 0.717) is 19.4 Å². The zero-order valence-electron chi connectivity index (χ0n) is 10.7. The number of carbonyl (C=O) groups is 3. The maximum atomic E-state index is 11.7. The SMILES string of the molecule is CCC1(C(=O)O)CCN(C(=O)NCC(=O)NC)C1. The first-order valence-corrected chi connectivity index (χ1v) is 5.92. The second-order valence-corrected chi connectivity index (χ2v) is 4.44. The van der Waals surface area contributed by atoms with Crippen LogP contribution in [0.1, 0.15) is 19.8 Å². The van der Waals surface area contributed by atoms with Crippen LogP contribution in [0.15, 0.2) is 0 Å². The summed E-state index contributed by atoms with van der Waals surface area (Å²) in [5.74, 6) is -1.16. The van der Waals surface area contributed by atoms with Gasteiger partial charge in [-0.3, -0.25) is 9.59 Å². The first kappa shape index (κ1) is 14.3. The number of urea groups is 1. The van der Waals surface area contributed by atoms with Crippen LogP contribution in [0.4, 0.5) is 4.79 Å². The molecule has 102 valence electrons. The number of hydrogen-bond donors (Lipinski definition) is 3. The number of hydrogen-bond acceptors (Lipinski definition) is 3. The highest BCUT2D eigenvalue weighted by atomic mass is 16.4. The van der Waals surface area contributed by atoms with Gasteiger partial charge in [0, 0.05) is 20.1 Å². The number of amides is 3. The summed E-state index contributed by atoms with van der Waals surface area (Å²) >= 11 is 0. The summed E-state index contributed by atoms with van der Waals surface area (Å²) < 4.78 is 0. The molecule has 3 N–H and O–H groups in total. The molecule has 1 saturated heterocycles. The quantitative estimate of drug-likeness (QED) is 0.640. The number of rotatable bonds is 4. The number of likely N-dealkylation sites (N-methyl/N-ethyl adjacent to an activating group) is 1. The van der Waals surface area contributed by atoms with Crippen molar-refractivity contribution in [2.24, 2.45) is 5.41 Å². The molecule has 0 aromatic carbocycles. The van der Waals surface area contributed by atoms with Gasteiger partial charge in [-0.25, -0.2) is 4.79 Å². The first-order valence-electron chi connectivity index (χ1n) is 5.92. The Bertz CT molecular complexity index is 358. The fraction of sp³-hybridized carbons (Fsp3) is 0.727. The molecule has 0 saturated carbocycles. The second-order valence-electron chi connectivity index (χ2n) is 4.44. The van der Waals surface area contributed by atoms with E-state index < -0.39 is 17.4 Å². The molecule has 0 aromatic rings. The summed E-state index contributed by atoms with van der Waals surface area (Å²) in [7, 11) is 1.48. The summed E-state index contributed by atoms with van der Waals surface area (Å²) in [6.45, 7) is 2.30. The zero-order valence-corrected chi connectivity index (χ0v) is 10.7. The number of likely N-dealkylation sites (tertiary alicyclic amines) is 1. The molecular weight excluding hydrogens is 238 g/mol. The molecule has 0 aliphatic carbocycles. The van der Waals surface area contributed by atoms with Crippen molar-refractivity contribution >= 4 is 17.9 Å². The topological polar surface area (TPSA) is 98.7 Å². The zero-order chi connectivity index (χ0) is 13.8. The molecular formula is C11H19N3O4. The molecule has 1 heterocycles. The Morgan fingerprint density at radius 2 is 2.06 bits per heavy atom. The minimum atomic E-state index is -0.869. The fourth-order valence-corrected chi connectivity index (χ4v) is 2.02. The lowest BCUT2D eigenvalue weighted by Crippen LogP contribution is -2.44. The molecule has 7 nitrogen and oxygen atoms in total. The Kier molecular flexibility index (Phi) is 4.52. The number of carbonyl (C=O) groups excluding carboxylic acids is 2. The number of nitrogens with one attached hydrogen (secondary N) is 2. The minimum absolute atomic E-state index is 0.0992. The number of aliphatic carboxylic acids is 1. The highest BCUT2D eigenvalue weighted by Crippen LogP contribution is 2.34. The van der Waals surface area contributed by atoms with Gasteiger partial charge in [-0.05, 0) is 12.8 Å². The lowest BCUT2D eigenvalue weighted by molar-refractivity contribution is -0.148. The number of nitrogens with zero attached hydrogens (tertiary/aromatic N) is 1. The van der Waals surface area contributed by atoms with Crippen LogP contribution in [0, 0.1) is 5.41 Å². The summed E-state index contributed by atoms with van der Waals surface area (Å²) in [6.07, 6.45) is 0.938. The first-order chi connectivity index (χ1) is 8.45. The molecule has 1 rings (SSSR count). The molecule has 0 aromatic heterocycles. The standard InChI is InChI=1S/C11H19N3O4/c1-3-11(9(16)17)4-5-14(7-11)10(18)13-6-8(15)12-2/h3-7H2,1-2H3,(H,12,15)(H,13,18)(H,16,17). The lowest BCUT2D eigenvalue weighted by Gasteiger charge is -2.23. The summed E-state index contributed by atoms with van der Waals surface area (Å²) in [6, 6.07) is -0.393. The lowest BCUT2D eigenvalue weighted by atomic mass is 9.84. The van der Waals surface area contributed by atoms with E-state index in [1.807, 2.05) is 0 Å². The van der Waals surface area contributed by atoms with Crippen molar-refractivity contribution in [3.63, 3.8) is 0 Å². The van der Waals surface area contributed by atoms with E-state index in [1.165, 1.54) is 11.9 Å². The smallest absolute Gasteiger partial charge is 0.317 e. The molecule has 0 spiro atoms. The molecule has 1 atom stereocenters. The van der Waals surface area contributed by atoms with Crippen molar-refractivity contribution in [2.75, 3.05) is 26.7 Å². The van der Waals surface area contributed by atoms with Crippen LogP contribution in [0.25, 0.3) is 0 Å². The van der Waals surface area contributed by atoms with E-state index >= 15 is 0 Å². The average molecular weight is 257 g/mol. The summed E-state index contributed by atoms with van der Waals surface area (Å²) in [4.78, 5) is 35.4. The third-order valence-electron chi connectivity index (χ3n) is 3.45. The molecule has 1 aliphatic rings. The van der Waals surface area contributed by atoms with E-state index in [1.54, 1.807) is 6.92 Å². The second kappa shape index (κ2) is 5.70. The summed E-state index contributed by atoms with van der Waals surface area (Å²) in [5.41, 5.74) is -0.843. The monoisotopic (exact) mass is 257 g/mol. The Labute approximate surface area is 106 Å². The van der Waals surface area contributed by atoms with E-state index in [4.69, 9.17) is 0 Å². The Hall–Kier alpha value is -1.79. The predicted octanol–water partition coefficient (Wildman–Crippen LogP) is -0.371. The number of carboxylic acid groups (broad SMARTS) is 1. The highest BCUT2D eigenvalue weighted by molar-refractivity contribution is 5.84. The van der Waals surface area contributed by atoms with E-state index in [-0.39, 0.29) is 19.0 Å². The van der Waals surface area contributed by atoms with E-state index in [9.17, 15) is 19.5 Å². The third-order valence-corrected chi connectivity index (χ3v) is 3.45. The molecule has 18 heavy (non-hydrogen) atoms. The van der Waals surface area contributed by atoms with E-state index in [2.05, 4.69) is 10.6 Å². The molecule has 0 bridgehead atoms. The van der Waals surface area contributed by atoms with Gasteiger partial charge < -0.3 is 20.6 Å². The van der Waals surface area contributed by atoms with Crippen molar-refractivity contribution in [1.82, 2.24) is 15.5 Å². The third kappa shape index (κ3) is 2.91. The maximum absolute atomic E-state index is 11.7. The van der Waals surface area contributed by atoms with Crippen LogP contribution in [0.3, 0.4) is 0 Å². The predicted molar refractivity (Wildman–Crippen MR) is 64.0 cm³/mol. The molecule has 1 aliphatic heterocycles. The van der Waals surface area contributed by atoms with Crippen LogP contribution < -0.4 is 10.6 Å². The van der Waals surface area contributed by atoms with Gasteiger partial charge in [0.05, 0.1) is 12.0 Å². The Morgan fingerprint density at radius 1 is 1.39 bits per heavy atom. The highest BCUT2D eigenvalue weighted by Gasteiger charge is 2.44. The van der Waals surface area contributed by atoms with Gasteiger partial charge in [0.1, 0.15) is 0 Å². The van der Waals surface area contributed by atoms with Crippen molar-refractivity contribution in [1.29, 1.82) is 0 Å². The van der Waals surface area contributed by atoms with E-state index in [0.717, 1.165) is 0 Å². The van der Waals surface area contributed by atoms with Crippen molar-refractivity contribution in [3.8, 4) is 0 Å².